The second kappa shape index (κ2) is 10.7. The first kappa shape index (κ1) is 28.5. The summed E-state index contributed by atoms with van der Waals surface area (Å²) in [5.41, 5.74) is 0.0687. The molecule has 0 heterocycles. The lowest BCUT2D eigenvalue weighted by Gasteiger charge is -2.58. The van der Waals surface area contributed by atoms with Gasteiger partial charge in [-0.15, -0.1) is 0 Å². The Hall–Kier alpha value is 9.49. The van der Waals surface area contributed by atoms with E-state index in [1.165, 1.54) is 0 Å². The molecule has 0 spiro atoms. The molecule has 0 unspecified atom stereocenters. The smallest absolute Gasteiger partial charge is 0.0686 e. The molecular formula is C6HI13. The fraction of sp³-hybridized carbons (Fsp3) is 1.00. The maximum atomic E-state index is 2.68. The molecular weight excluding hydrogens is 1720 g/mol. The van der Waals surface area contributed by atoms with Gasteiger partial charge < -0.3 is 0 Å². The molecule has 116 valence electrons. The maximum Gasteiger partial charge on any atom is 0.137 e. The standard InChI is InChI=1S/C6HI13/c7-1(8)2(9,10)3(4(11,12)13,5(14,15)16)6(17,18)19/h1H. The van der Waals surface area contributed by atoms with Gasteiger partial charge in [-0.3, -0.25) is 0 Å². The van der Waals surface area contributed by atoms with Crippen LogP contribution in [0.2, 0.25) is 0 Å². The van der Waals surface area contributed by atoms with Crippen LogP contribution in [0.1, 0.15) is 0 Å². The minimum atomic E-state index is 0.0687. The van der Waals surface area contributed by atoms with Crippen LogP contribution in [-0.2, 0) is 0 Å². The molecule has 0 aliphatic heterocycles. The van der Waals surface area contributed by atoms with Gasteiger partial charge in [0.05, 0.1) is 7.35 Å². The molecule has 0 fully saturated rings. The predicted octanol–water partition coefficient (Wildman–Crippen LogP) is 10.6. The summed E-state index contributed by atoms with van der Waals surface area (Å²) >= 11 is 34.2. The molecule has 0 nitrogen and oxygen atoms in total. The number of alkyl halides is 13. The normalized spacial score (nSPS) is 16.1. The molecule has 0 bridgehead atoms. The summed E-state index contributed by atoms with van der Waals surface area (Å²) in [6, 6.07) is 0. The maximum absolute atomic E-state index is 2.68. The first-order valence-corrected chi connectivity index (χ1v) is 18.2. The van der Waals surface area contributed by atoms with Gasteiger partial charge in [-0.25, -0.2) is 0 Å². The molecule has 0 atom stereocenters. The molecule has 0 aromatic rings. The van der Waals surface area contributed by atoms with E-state index >= 15 is 0 Å². The number of rotatable bonds is 5. The van der Waals surface area contributed by atoms with Crippen molar-refractivity contribution in [2.45, 2.75) is 1.67 Å². The van der Waals surface area contributed by atoms with Crippen molar-refractivity contribution in [1.29, 1.82) is 0 Å². The summed E-state index contributed by atoms with van der Waals surface area (Å²) in [6.45, 7) is 0. The number of hydrogen-bond donors (Lipinski definition) is 0. The Kier molecular flexibility index (Phi) is 16.0. The molecule has 0 saturated carbocycles. The minimum Gasteiger partial charge on any atom is -0.0686 e. The van der Waals surface area contributed by atoms with Gasteiger partial charge in [0.25, 0.3) is 0 Å². The van der Waals surface area contributed by atoms with Crippen LogP contribution in [0.25, 0.3) is 0 Å². The molecule has 0 aliphatic carbocycles. The Labute approximate surface area is 291 Å². The van der Waals surface area contributed by atoms with Crippen molar-refractivity contribution in [3.63, 3.8) is 0 Å². The molecule has 0 rings (SSSR count). The van der Waals surface area contributed by atoms with Crippen LogP contribution in [0, 0.1) is 5.41 Å². The first-order valence-electron chi connectivity index (χ1n) is 3.80. The second-order valence-electron chi connectivity index (χ2n) is 3.17. The van der Waals surface area contributed by atoms with Gasteiger partial charge in [-0.2, -0.15) is 0 Å². The Morgan fingerprint density at radius 2 is 0.684 bits per heavy atom. The number of hydrogen-bond acceptors (Lipinski definition) is 0. The third-order valence-corrected chi connectivity index (χ3v) is 18.8. The van der Waals surface area contributed by atoms with Crippen LogP contribution in [0.3, 0.4) is 0 Å². The van der Waals surface area contributed by atoms with Crippen molar-refractivity contribution >= 4 is 294 Å². The molecule has 13 heteroatoms. The molecule has 0 saturated heterocycles. The third kappa shape index (κ3) is 6.74. The van der Waals surface area contributed by atoms with Crippen molar-refractivity contribution in [2.24, 2.45) is 5.41 Å². The van der Waals surface area contributed by atoms with Crippen LogP contribution in [-0.4, -0.2) is 1.67 Å². The second-order valence-corrected chi connectivity index (χ2v) is 46.6. The quantitative estimate of drug-likeness (QED) is 0.190. The van der Waals surface area contributed by atoms with E-state index in [9.17, 15) is 0 Å². The van der Waals surface area contributed by atoms with E-state index in [0.717, 1.165) is 0 Å². The van der Waals surface area contributed by atoms with Crippen molar-refractivity contribution in [3.8, 4) is 0 Å². The van der Waals surface area contributed by atoms with Crippen LogP contribution in [0.4, 0.5) is 0 Å². The SMILES string of the molecule is IC(I)C(I)(I)C(C(I)(I)I)(C(I)(I)I)C(I)(I)I. The summed E-state index contributed by atoms with van der Waals surface area (Å²) in [5.74, 6) is 0. The zero-order valence-corrected chi connectivity index (χ0v) is 36.0. The van der Waals surface area contributed by atoms with Gasteiger partial charge in [0, 0.05) is 0 Å². The first-order chi connectivity index (χ1) is 7.94. The number of halogens is 13. The van der Waals surface area contributed by atoms with Crippen molar-refractivity contribution in [1.82, 2.24) is 0 Å². The highest BCUT2D eigenvalue weighted by Gasteiger charge is 2.76. The molecule has 0 radical (unpaired) electrons. The van der Waals surface area contributed by atoms with Gasteiger partial charge in [0.2, 0.25) is 0 Å². The van der Waals surface area contributed by atoms with Crippen LogP contribution in [0.5, 0.6) is 0 Å². The molecule has 0 aliphatic rings. The van der Waals surface area contributed by atoms with E-state index in [1.54, 1.807) is 0 Å². The molecule has 0 aromatic carbocycles. The zero-order valence-electron chi connectivity index (χ0n) is 7.99. The van der Waals surface area contributed by atoms with Crippen LogP contribution in [0.15, 0.2) is 0 Å². The van der Waals surface area contributed by atoms with E-state index < -0.39 is 0 Å². The summed E-state index contributed by atoms with van der Waals surface area (Å²) in [6.07, 6.45) is 0. The predicted molar refractivity (Wildman–Crippen MR) is 199 cm³/mol. The fourth-order valence-electron chi connectivity index (χ4n) is 1.21. The molecule has 0 amide bonds. The fourth-order valence-corrected chi connectivity index (χ4v) is 38.9. The Morgan fingerprint density at radius 3 is 0.737 bits per heavy atom. The Balaban J connectivity index is 6.63. The highest BCUT2D eigenvalue weighted by molar-refractivity contribution is 14.3. The van der Waals surface area contributed by atoms with E-state index in [1.807, 2.05) is 0 Å². The lowest BCUT2D eigenvalue weighted by atomic mass is 9.93. The van der Waals surface area contributed by atoms with Crippen molar-refractivity contribution < 1.29 is 0 Å². The molecule has 0 N–H and O–H groups in total. The van der Waals surface area contributed by atoms with Gasteiger partial charge in [0.15, 0.2) is 0 Å². The van der Waals surface area contributed by atoms with Crippen molar-refractivity contribution in [3.05, 3.63) is 0 Å². The zero-order chi connectivity index (χ0) is 16.1. The summed E-state index contributed by atoms with van der Waals surface area (Å²) in [5, 5.41) is 0. The summed E-state index contributed by atoms with van der Waals surface area (Å²) < 4.78 is 0.902. The topological polar surface area (TPSA) is 0 Å². The van der Waals surface area contributed by atoms with Gasteiger partial charge in [-0.05, 0) is 0 Å². The van der Waals surface area contributed by atoms with E-state index in [2.05, 4.69) is 294 Å². The average Bonchev–Trinajstić information content (AvgIpc) is 1.92. The highest BCUT2D eigenvalue weighted by Crippen LogP contribution is 2.81. The minimum absolute atomic E-state index is 0.0687. The summed E-state index contributed by atoms with van der Waals surface area (Å²) in [7, 11) is 0. The Morgan fingerprint density at radius 1 is 0.474 bits per heavy atom. The van der Waals surface area contributed by atoms with E-state index in [4.69, 9.17) is 0 Å². The molecule has 0 aromatic heterocycles. The summed E-state index contributed by atoms with van der Waals surface area (Å²) in [4.78, 5) is 0. The van der Waals surface area contributed by atoms with Gasteiger partial charge in [-0.1, -0.05) is 294 Å². The molecule has 19 heavy (non-hydrogen) atoms. The van der Waals surface area contributed by atoms with Gasteiger partial charge in [0.1, 0.15) is -0.266 Å². The highest BCUT2D eigenvalue weighted by atomic mass is 127. The van der Waals surface area contributed by atoms with Crippen molar-refractivity contribution in [2.75, 3.05) is 0 Å². The van der Waals surface area contributed by atoms with Gasteiger partial charge >= 0.3 is 0 Å². The average molecular weight is 1720 g/mol. The van der Waals surface area contributed by atoms with Crippen LogP contribution < -0.4 is 0 Å². The van der Waals surface area contributed by atoms with E-state index in [0.29, 0.717) is 1.93 Å². The third-order valence-electron chi connectivity index (χ3n) is 2.05. The Bertz CT molecular complexity index is 277. The monoisotopic (exact) mass is 1720 g/mol. The lowest BCUT2D eigenvalue weighted by Crippen LogP contribution is -2.64. The van der Waals surface area contributed by atoms with Crippen LogP contribution >= 0.6 is 294 Å². The largest absolute Gasteiger partial charge is 0.137 e. The lowest BCUT2D eigenvalue weighted by molar-refractivity contribution is 0.417. The van der Waals surface area contributed by atoms with E-state index in [-0.39, 0.29) is 5.15 Å².